The molecule has 182 valence electrons. The third kappa shape index (κ3) is 4.85. The zero-order valence-electron chi connectivity index (χ0n) is 20.1. The van der Waals surface area contributed by atoms with Crippen molar-refractivity contribution in [2.24, 2.45) is 0 Å². The summed E-state index contributed by atoms with van der Waals surface area (Å²) in [5.41, 5.74) is 3.48. The normalized spacial score (nSPS) is 12.1. The van der Waals surface area contributed by atoms with Gasteiger partial charge in [-0.15, -0.1) is 0 Å². The summed E-state index contributed by atoms with van der Waals surface area (Å²) in [4.78, 5) is 21.5. The van der Waals surface area contributed by atoms with E-state index in [-0.39, 0.29) is 23.1 Å². The van der Waals surface area contributed by atoms with Crippen LogP contribution in [0.2, 0.25) is 0 Å². The number of imidazole rings is 1. The number of hydrogen-bond donors (Lipinski definition) is 3. The highest BCUT2D eigenvalue weighted by Crippen LogP contribution is 2.29. The minimum Gasteiger partial charge on any atom is -0.348 e. The van der Waals surface area contributed by atoms with Gasteiger partial charge in [-0.3, -0.25) is 9.20 Å². The molecule has 0 fully saturated rings. The van der Waals surface area contributed by atoms with E-state index in [0.717, 1.165) is 11.3 Å². The fraction of sp³-hybridized carbons (Fsp3) is 0.269. The van der Waals surface area contributed by atoms with E-state index in [1.807, 2.05) is 27.0 Å². The fourth-order valence-electron chi connectivity index (χ4n) is 4.03. The molecule has 3 N–H and O–H groups in total. The lowest BCUT2D eigenvalue weighted by atomic mass is 10.0. The lowest BCUT2D eigenvalue weighted by Gasteiger charge is -2.16. The van der Waals surface area contributed by atoms with Gasteiger partial charge in [-0.05, 0) is 62.7 Å². The highest BCUT2D eigenvalue weighted by atomic mass is 19.2. The number of fused-ring (bicyclic) bond motifs is 1. The van der Waals surface area contributed by atoms with Crippen LogP contribution in [0, 0.1) is 18.6 Å². The van der Waals surface area contributed by atoms with E-state index >= 15 is 0 Å². The van der Waals surface area contributed by atoms with E-state index < -0.39 is 11.6 Å². The summed E-state index contributed by atoms with van der Waals surface area (Å²) < 4.78 is 30.4. The molecule has 0 saturated heterocycles. The van der Waals surface area contributed by atoms with Gasteiger partial charge < -0.3 is 16.0 Å². The van der Waals surface area contributed by atoms with Gasteiger partial charge in [0.05, 0.1) is 11.9 Å². The van der Waals surface area contributed by atoms with Crippen LogP contribution in [0.25, 0.3) is 16.9 Å². The van der Waals surface area contributed by atoms with Gasteiger partial charge in [-0.2, -0.15) is 0 Å². The topological polar surface area (TPSA) is 83.3 Å². The van der Waals surface area contributed by atoms with Crippen molar-refractivity contribution in [2.45, 2.75) is 33.2 Å². The Morgan fingerprint density at radius 3 is 2.69 bits per heavy atom. The van der Waals surface area contributed by atoms with E-state index in [4.69, 9.17) is 0 Å². The van der Waals surface area contributed by atoms with E-state index in [1.165, 1.54) is 19.2 Å². The smallest absolute Gasteiger partial charge is 0.251 e. The number of carbonyl (C=O) groups excluding carboxylic acids is 1. The number of hydrogen-bond acceptors (Lipinski definition) is 5. The van der Waals surface area contributed by atoms with E-state index in [0.29, 0.717) is 35.7 Å². The molecule has 1 amide bonds. The number of anilines is 2. The molecule has 0 aliphatic rings. The van der Waals surface area contributed by atoms with Crippen LogP contribution in [0.4, 0.5) is 20.3 Å². The third-order valence-electron chi connectivity index (χ3n) is 5.86. The number of benzene rings is 2. The average Bonchev–Trinajstić information content (AvgIpc) is 3.27. The van der Waals surface area contributed by atoms with Crippen LogP contribution in [0.15, 0.2) is 48.9 Å². The molecule has 1 unspecified atom stereocenters. The molecule has 0 spiro atoms. The molecule has 0 aliphatic heterocycles. The second-order valence-electron chi connectivity index (χ2n) is 8.45. The van der Waals surface area contributed by atoms with E-state index in [9.17, 15) is 13.6 Å². The number of carbonyl (C=O) groups is 1. The maximum atomic E-state index is 14.6. The molecule has 2 aromatic carbocycles. The Morgan fingerprint density at radius 2 is 1.94 bits per heavy atom. The standard InChI is InChI=1S/C26H28F2N6O/c1-5-17-12-18(7-9-19(17)26(35)32-16(3)13-29-4)33-24-25-31-14-21(34(25)11-10-30-24)20-8-6-15(2)22(27)23(20)28/h6-12,14,16,29H,5,13H2,1-4H3,(H,30,33)(H,32,35). The molecule has 0 aliphatic carbocycles. The van der Waals surface area contributed by atoms with Crippen LogP contribution in [0.3, 0.4) is 0 Å². The SMILES string of the molecule is CCc1cc(Nc2nccn3c(-c4ccc(C)c(F)c4F)cnc23)ccc1C(=O)NC(C)CNC. The number of nitrogens with zero attached hydrogens (tertiary/aromatic N) is 3. The van der Waals surface area contributed by atoms with Crippen molar-refractivity contribution in [3.05, 3.63) is 77.2 Å². The first-order valence-corrected chi connectivity index (χ1v) is 11.5. The summed E-state index contributed by atoms with van der Waals surface area (Å²) in [6, 6.07) is 8.57. The number of likely N-dealkylation sites (N-methyl/N-ethyl adjacent to an activating group) is 1. The van der Waals surface area contributed by atoms with Crippen LogP contribution >= 0.6 is 0 Å². The zero-order valence-corrected chi connectivity index (χ0v) is 20.1. The van der Waals surface area contributed by atoms with Crippen molar-refractivity contribution >= 4 is 23.1 Å². The van der Waals surface area contributed by atoms with Crippen LogP contribution in [0.1, 0.15) is 35.3 Å². The van der Waals surface area contributed by atoms with Crippen molar-refractivity contribution in [3.8, 4) is 11.3 Å². The molecule has 0 saturated carbocycles. The molecule has 0 radical (unpaired) electrons. The molecule has 0 bridgehead atoms. The minimum atomic E-state index is -0.913. The Hall–Kier alpha value is -3.85. The van der Waals surface area contributed by atoms with Gasteiger partial charge in [0.1, 0.15) is 0 Å². The number of rotatable bonds is 8. The highest BCUT2D eigenvalue weighted by molar-refractivity contribution is 5.96. The fourth-order valence-corrected chi connectivity index (χ4v) is 4.03. The Labute approximate surface area is 202 Å². The van der Waals surface area contributed by atoms with Crippen LogP contribution in [-0.4, -0.2) is 39.9 Å². The lowest BCUT2D eigenvalue weighted by Crippen LogP contribution is -2.39. The van der Waals surface area contributed by atoms with Crippen molar-refractivity contribution in [1.82, 2.24) is 25.0 Å². The van der Waals surface area contributed by atoms with Crippen LogP contribution in [0.5, 0.6) is 0 Å². The summed E-state index contributed by atoms with van der Waals surface area (Å²) >= 11 is 0. The van der Waals surface area contributed by atoms with Gasteiger partial charge >= 0.3 is 0 Å². The molecular formula is C26H28F2N6O. The maximum absolute atomic E-state index is 14.6. The second-order valence-corrected chi connectivity index (χ2v) is 8.45. The molecule has 7 nitrogen and oxygen atoms in total. The molecule has 2 heterocycles. The average molecular weight is 479 g/mol. The number of nitrogens with one attached hydrogen (secondary N) is 3. The summed E-state index contributed by atoms with van der Waals surface area (Å²) in [6.07, 6.45) is 5.38. The quantitative estimate of drug-likeness (QED) is 0.344. The maximum Gasteiger partial charge on any atom is 0.251 e. The molecule has 1 atom stereocenters. The molecular weight excluding hydrogens is 450 g/mol. The number of amides is 1. The van der Waals surface area contributed by atoms with E-state index in [1.54, 1.807) is 35.0 Å². The third-order valence-corrected chi connectivity index (χ3v) is 5.86. The first kappa shape index (κ1) is 24.3. The van der Waals surface area contributed by atoms with Crippen molar-refractivity contribution in [3.63, 3.8) is 0 Å². The van der Waals surface area contributed by atoms with Crippen molar-refractivity contribution in [2.75, 3.05) is 18.9 Å². The van der Waals surface area contributed by atoms with Crippen LogP contribution in [-0.2, 0) is 6.42 Å². The van der Waals surface area contributed by atoms with Gasteiger partial charge in [0, 0.05) is 41.8 Å². The molecule has 2 aromatic heterocycles. The first-order valence-electron chi connectivity index (χ1n) is 11.5. The first-order chi connectivity index (χ1) is 16.8. The summed E-state index contributed by atoms with van der Waals surface area (Å²) in [7, 11) is 1.84. The summed E-state index contributed by atoms with van der Waals surface area (Å²) in [5.74, 6) is -1.46. The van der Waals surface area contributed by atoms with Crippen molar-refractivity contribution in [1.29, 1.82) is 0 Å². The Balaban J connectivity index is 1.64. The number of aromatic nitrogens is 3. The summed E-state index contributed by atoms with van der Waals surface area (Å²) in [6.45, 7) is 6.12. The number of aryl methyl sites for hydroxylation is 2. The van der Waals surface area contributed by atoms with Gasteiger partial charge in [-0.25, -0.2) is 18.7 Å². The predicted molar refractivity (Wildman–Crippen MR) is 133 cm³/mol. The second kappa shape index (κ2) is 10.2. The van der Waals surface area contributed by atoms with Gasteiger partial charge in [-0.1, -0.05) is 13.0 Å². The van der Waals surface area contributed by atoms with E-state index in [2.05, 4.69) is 25.9 Å². The highest BCUT2D eigenvalue weighted by Gasteiger charge is 2.18. The zero-order chi connectivity index (χ0) is 25.1. The van der Waals surface area contributed by atoms with Gasteiger partial charge in [0.15, 0.2) is 23.1 Å². The molecule has 35 heavy (non-hydrogen) atoms. The largest absolute Gasteiger partial charge is 0.348 e. The molecule has 9 heteroatoms. The van der Waals surface area contributed by atoms with Gasteiger partial charge in [0.25, 0.3) is 5.91 Å². The predicted octanol–water partition coefficient (Wildman–Crippen LogP) is 4.63. The van der Waals surface area contributed by atoms with Gasteiger partial charge in [0.2, 0.25) is 0 Å². The minimum absolute atomic E-state index is 0.00159. The summed E-state index contributed by atoms with van der Waals surface area (Å²) in [5, 5.41) is 9.28. The molecule has 4 aromatic rings. The Bertz CT molecular complexity index is 1380. The lowest BCUT2D eigenvalue weighted by molar-refractivity contribution is 0.0939. The number of halogens is 2. The monoisotopic (exact) mass is 478 g/mol. The van der Waals surface area contributed by atoms with Crippen molar-refractivity contribution < 1.29 is 13.6 Å². The van der Waals surface area contributed by atoms with Crippen LogP contribution < -0.4 is 16.0 Å². The Morgan fingerprint density at radius 1 is 1.14 bits per heavy atom. The Kier molecular flexibility index (Phi) is 7.07. The molecule has 4 rings (SSSR count).